The quantitative estimate of drug-likeness (QED) is 0.803. The van der Waals surface area contributed by atoms with Gasteiger partial charge >= 0.3 is 0 Å². The number of ether oxygens (including phenoxy) is 1. The molecular weight excluding hydrogens is 205 g/mol. The highest BCUT2D eigenvalue weighted by atomic mass is 19.1. The van der Waals surface area contributed by atoms with Crippen LogP contribution in [0.3, 0.4) is 0 Å². The topological polar surface area (TPSA) is 21.3 Å². The number of halogens is 1. The average Bonchev–Trinajstić information content (AvgIpc) is 2.25. The molecule has 0 saturated heterocycles. The largest absolute Gasteiger partial charge is 0.489 e. The Kier molecular flexibility index (Phi) is 5.26. The van der Waals surface area contributed by atoms with Gasteiger partial charge in [-0.2, -0.15) is 0 Å². The highest BCUT2D eigenvalue weighted by molar-refractivity contribution is 5.22. The second kappa shape index (κ2) is 6.48. The summed E-state index contributed by atoms with van der Waals surface area (Å²) in [6.45, 7) is 7.09. The van der Waals surface area contributed by atoms with Crippen molar-refractivity contribution >= 4 is 0 Å². The van der Waals surface area contributed by atoms with Gasteiger partial charge in [0.15, 0.2) is 0 Å². The van der Waals surface area contributed by atoms with E-state index >= 15 is 0 Å². The summed E-state index contributed by atoms with van der Waals surface area (Å²) in [5.74, 6) is 0.324. The van der Waals surface area contributed by atoms with Crippen molar-refractivity contribution < 1.29 is 9.13 Å². The molecule has 0 aliphatic carbocycles. The van der Waals surface area contributed by atoms with E-state index in [0.29, 0.717) is 11.8 Å². The Morgan fingerprint density at radius 1 is 1.38 bits per heavy atom. The van der Waals surface area contributed by atoms with Gasteiger partial charge in [-0.25, -0.2) is 4.39 Å². The fourth-order valence-electron chi connectivity index (χ4n) is 1.74. The molecule has 1 aromatic carbocycles. The molecule has 1 N–H and O–H groups in total. The number of hydrogen-bond donors (Lipinski definition) is 1. The normalized spacial score (nSPS) is 14.5. The van der Waals surface area contributed by atoms with Gasteiger partial charge in [0.1, 0.15) is 17.7 Å². The lowest BCUT2D eigenvalue weighted by Gasteiger charge is -2.24. The Labute approximate surface area is 96.8 Å². The van der Waals surface area contributed by atoms with E-state index < -0.39 is 0 Å². The van der Waals surface area contributed by atoms with Gasteiger partial charge in [-0.05, 0) is 32.0 Å². The highest BCUT2D eigenvalue weighted by Crippen LogP contribution is 2.15. The summed E-state index contributed by atoms with van der Waals surface area (Å²) in [4.78, 5) is 0. The summed E-state index contributed by atoms with van der Waals surface area (Å²) < 4.78 is 18.7. The predicted octanol–water partition coefficient (Wildman–Crippen LogP) is 2.98. The number of hydrogen-bond acceptors (Lipinski definition) is 2. The molecule has 0 aromatic heterocycles. The van der Waals surface area contributed by atoms with Gasteiger partial charge < -0.3 is 10.1 Å². The molecule has 0 aliphatic rings. The van der Waals surface area contributed by atoms with E-state index in [1.165, 1.54) is 12.1 Å². The van der Waals surface area contributed by atoms with E-state index in [-0.39, 0.29) is 11.9 Å². The average molecular weight is 225 g/mol. The number of rotatable bonds is 6. The first kappa shape index (κ1) is 13.0. The van der Waals surface area contributed by atoms with Crippen LogP contribution < -0.4 is 10.1 Å². The van der Waals surface area contributed by atoms with Crippen LogP contribution in [0.1, 0.15) is 27.2 Å². The SMILES string of the molecule is CCNC(CC)C(C)Oc1cccc(F)c1. The Bertz CT molecular complexity index is 317. The molecule has 3 heteroatoms. The van der Waals surface area contributed by atoms with Crippen LogP contribution in [0.4, 0.5) is 4.39 Å². The van der Waals surface area contributed by atoms with Gasteiger partial charge in [-0.3, -0.25) is 0 Å². The number of likely N-dealkylation sites (N-methyl/N-ethyl adjacent to an activating group) is 1. The van der Waals surface area contributed by atoms with E-state index in [1.54, 1.807) is 12.1 Å². The minimum Gasteiger partial charge on any atom is -0.489 e. The van der Waals surface area contributed by atoms with E-state index in [4.69, 9.17) is 4.74 Å². The Balaban J connectivity index is 2.58. The van der Waals surface area contributed by atoms with Gasteiger partial charge in [0, 0.05) is 12.1 Å². The molecule has 0 saturated carbocycles. The van der Waals surface area contributed by atoms with Crippen LogP contribution in [0.2, 0.25) is 0 Å². The lowest BCUT2D eigenvalue weighted by molar-refractivity contribution is 0.167. The van der Waals surface area contributed by atoms with Crippen molar-refractivity contribution in [3.63, 3.8) is 0 Å². The molecule has 16 heavy (non-hydrogen) atoms. The maximum atomic E-state index is 13.0. The molecule has 1 rings (SSSR count). The monoisotopic (exact) mass is 225 g/mol. The van der Waals surface area contributed by atoms with Crippen LogP contribution in [-0.2, 0) is 0 Å². The predicted molar refractivity (Wildman–Crippen MR) is 64.2 cm³/mol. The van der Waals surface area contributed by atoms with Crippen LogP contribution in [0.5, 0.6) is 5.75 Å². The van der Waals surface area contributed by atoms with Gasteiger partial charge in [-0.15, -0.1) is 0 Å². The fraction of sp³-hybridized carbons (Fsp3) is 0.538. The lowest BCUT2D eigenvalue weighted by atomic mass is 10.1. The zero-order valence-corrected chi connectivity index (χ0v) is 10.2. The molecule has 1 aromatic rings. The molecule has 0 radical (unpaired) electrons. The molecule has 0 fully saturated rings. The standard InChI is InChI=1S/C13H20FNO/c1-4-13(15-5-2)10(3)16-12-8-6-7-11(14)9-12/h6-10,13,15H,4-5H2,1-3H3. The molecule has 2 unspecified atom stereocenters. The van der Waals surface area contributed by atoms with Crippen molar-refractivity contribution in [3.8, 4) is 5.75 Å². The van der Waals surface area contributed by atoms with Gasteiger partial charge in [0.05, 0.1) is 0 Å². The van der Waals surface area contributed by atoms with Crippen molar-refractivity contribution in [2.45, 2.75) is 39.3 Å². The maximum absolute atomic E-state index is 13.0. The smallest absolute Gasteiger partial charge is 0.126 e. The van der Waals surface area contributed by atoms with E-state index in [1.807, 2.05) is 6.92 Å². The van der Waals surface area contributed by atoms with Crippen LogP contribution >= 0.6 is 0 Å². The van der Waals surface area contributed by atoms with Crippen molar-refractivity contribution in [2.24, 2.45) is 0 Å². The van der Waals surface area contributed by atoms with E-state index in [9.17, 15) is 4.39 Å². The first-order valence-corrected chi connectivity index (χ1v) is 5.83. The zero-order chi connectivity index (χ0) is 12.0. The molecule has 2 nitrogen and oxygen atoms in total. The third-order valence-electron chi connectivity index (χ3n) is 2.59. The fourth-order valence-corrected chi connectivity index (χ4v) is 1.74. The number of nitrogens with one attached hydrogen (secondary N) is 1. The number of benzene rings is 1. The summed E-state index contributed by atoms with van der Waals surface area (Å²) in [5.41, 5.74) is 0. The molecule has 0 spiro atoms. The first-order chi connectivity index (χ1) is 7.67. The molecule has 90 valence electrons. The van der Waals surface area contributed by atoms with Gasteiger partial charge in [-0.1, -0.05) is 19.9 Å². The third kappa shape index (κ3) is 3.81. The Hall–Kier alpha value is -1.09. The van der Waals surface area contributed by atoms with E-state index in [0.717, 1.165) is 13.0 Å². The Morgan fingerprint density at radius 2 is 2.12 bits per heavy atom. The minimum atomic E-state index is -0.263. The molecular formula is C13H20FNO. The van der Waals surface area contributed by atoms with Gasteiger partial charge in [0.25, 0.3) is 0 Å². The van der Waals surface area contributed by atoms with E-state index in [2.05, 4.69) is 19.2 Å². The summed E-state index contributed by atoms with van der Waals surface area (Å²) in [6.07, 6.45) is 1.02. The zero-order valence-electron chi connectivity index (χ0n) is 10.2. The maximum Gasteiger partial charge on any atom is 0.126 e. The molecule has 2 atom stereocenters. The second-order valence-corrected chi connectivity index (χ2v) is 3.85. The van der Waals surface area contributed by atoms with Crippen molar-refractivity contribution in [3.05, 3.63) is 30.1 Å². The molecule has 0 aliphatic heterocycles. The lowest BCUT2D eigenvalue weighted by Crippen LogP contribution is -2.40. The summed E-state index contributed by atoms with van der Waals surface area (Å²) in [6, 6.07) is 6.56. The minimum absolute atomic E-state index is 0.0340. The molecule has 0 bridgehead atoms. The van der Waals surface area contributed by atoms with Crippen molar-refractivity contribution in [1.29, 1.82) is 0 Å². The van der Waals surface area contributed by atoms with Crippen molar-refractivity contribution in [1.82, 2.24) is 5.32 Å². The summed E-state index contributed by atoms with van der Waals surface area (Å²) in [5, 5.41) is 3.35. The third-order valence-corrected chi connectivity index (χ3v) is 2.59. The summed E-state index contributed by atoms with van der Waals surface area (Å²) >= 11 is 0. The first-order valence-electron chi connectivity index (χ1n) is 5.83. The highest BCUT2D eigenvalue weighted by Gasteiger charge is 2.15. The summed E-state index contributed by atoms with van der Waals surface area (Å²) in [7, 11) is 0. The molecule has 0 heterocycles. The van der Waals surface area contributed by atoms with Crippen molar-refractivity contribution in [2.75, 3.05) is 6.54 Å². The van der Waals surface area contributed by atoms with Crippen LogP contribution in [0, 0.1) is 5.82 Å². The van der Waals surface area contributed by atoms with Crippen LogP contribution in [0.15, 0.2) is 24.3 Å². The van der Waals surface area contributed by atoms with Gasteiger partial charge in [0.2, 0.25) is 0 Å². The Morgan fingerprint density at radius 3 is 2.69 bits per heavy atom. The van der Waals surface area contributed by atoms with Crippen LogP contribution in [-0.4, -0.2) is 18.7 Å². The second-order valence-electron chi connectivity index (χ2n) is 3.85. The molecule has 0 amide bonds. The van der Waals surface area contributed by atoms with Crippen LogP contribution in [0.25, 0.3) is 0 Å².